The second-order valence-electron chi connectivity index (χ2n) is 6.80. The van der Waals surface area contributed by atoms with Crippen LogP contribution in [0.5, 0.6) is 0 Å². The Labute approximate surface area is 167 Å². The van der Waals surface area contributed by atoms with Gasteiger partial charge in [0.2, 0.25) is 10.0 Å². The zero-order valence-electron chi connectivity index (χ0n) is 15.8. The number of rotatable bonds is 8. The van der Waals surface area contributed by atoms with Gasteiger partial charge in [0, 0.05) is 12.6 Å². The van der Waals surface area contributed by atoms with E-state index in [1.165, 1.54) is 6.92 Å². The van der Waals surface area contributed by atoms with Crippen molar-refractivity contribution in [3.05, 3.63) is 29.8 Å². The van der Waals surface area contributed by atoms with E-state index in [-0.39, 0.29) is 19.0 Å². The van der Waals surface area contributed by atoms with E-state index in [9.17, 15) is 31.2 Å². The van der Waals surface area contributed by atoms with Crippen LogP contribution in [0.25, 0.3) is 0 Å². The molecule has 0 aromatic heterocycles. The summed E-state index contributed by atoms with van der Waals surface area (Å²) in [5.74, 6) is -1.22. The largest absolute Gasteiger partial charge is 0.453 e. The summed E-state index contributed by atoms with van der Waals surface area (Å²) in [6.45, 7) is 1.03. The number of carbonyl (C=O) groups is 2. The molecule has 0 aliphatic heterocycles. The molecular formula is C18H23F3N2O5S. The van der Waals surface area contributed by atoms with Crippen molar-refractivity contribution in [3.8, 4) is 0 Å². The predicted octanol–water partition coefficient (Wildman–Crippen LogP) is 2.36. The predicted molar refractivity (Wildman–Crippen MR) is 97.2 cm³/mol. The van der Waals surface area contributed by atoms with Crippen LogP contribution >= 0.6 is 0 Å². The molecule has 0 saturated heterocycles. The van der Waals surface area contributed by atoms with E-state index in [1.54, 1.807) is 0 Å². The molecule has 1 aliphatic rings. The van der Waals surface area contributed by atoms with Crippen LogP contribution in [0.3, 0.4) is 0 Å². The normalized spacial score (nSPS) is 16.4. The Bertz CT molecular complexity index is 836. The number of esters is 1. The van der Waals surface area contributed by atoms with Crippen molar-refractivity contribution in [1.29, 1.82) is 0 Å². The maximum Gasteiger partial charge on any atom is 0.416 e. The molecule has 2 N–H and O–H groups in total. The van der Waals surface area contributed by atoms with Crippen LogP contribution < -0.4 is 10.0 Å². The number of carbonyl (C=O) groups excluding carboxylic acids is 2. The van der Waals surface area contributed by atoms with Crippen molar-refractivity contribution in [3.63, 3.8) is 0 Å². The molecule has 7 nitrogen and oxygen atoms in total. The maximum absolute atomic E-state index is 12.7. The number of nitrogens with one attached hydrogen (secondary N) is 2. The zero-order chi connectivity index (χ0) is 21.7. The quantitative estimate of drug-likeness (QED) is 0.610. The van der Waals surface area contributed by atoms with E-state index in [0.29, 0.717) is 6.07 Å². The SMILES string of the molecule is CC(OC(=O)CCNS(=O)(=O)c1cccc(C(F)(F)F)c1)C(=O)NC1CCCC1. The maximum atomic E-state index is 12.7. The van der Waals surface area contributed by atoms with E-state index in [1.807, 2.05) is 4.72 Å². The molecule has 1 saturated carbocycles. The van der Waals surface area contributed by atoms with Gasteiger partial charge in [-0.2, -0.15) is 13.2 Å². The first-order chi connectivity index (χ1) is 13.5. The first kappa shape index (κ1) is 23.1. The Hall–Kier alpha value is -2.14. The highest BCUT2D eigenvalue weighted by Gasteiger charge is 2.31. The van der Waals surface area contributed by atoms with Crippen LogP contribution in [0.15, 0.2) is 29.2 Å². The molecule has 11 heteroatoms. The third kappa shape index (κ3) is 7.00. The van der Waals surface area contributed by atoms with Crippen molar-refractivity contribution in [2.75, 3.05) is 6.54 Å². The Morgan fingerprint density at radius 2 is 1.90 bits per heavy atom. The molecule has 29 heavy (non-hydrogen) atoms. The molecule has 2 rings (SSSR count). The van der Waals surface area contributed by atoms with Crippen molar-refractivity contribution in [2.45, 2.75) is 62.2 Å². The van der Waals surface area contributed by atoms with Gasteiger partial charge in [-0.3, -0.25) is 9.59 Å². The number of halogens is 3. The van der Waals surface area contributed by atoms with E-state index in [4.69, 9.17) is 4.74 Å². The number of alkyl halides is 3. The number of ether oxygens (including phenoxy) is 1. The fourth-order valence-corrected chi connectivity index (χ4v) is 3.99. The van der Waals surface area contributed by atoms with Crippen LogP contribution in [0.4, 0.5) is 13.2 Å². The van der Waals surface area contributed by atoms with Gasteiger partial charge in [0.15, 0.2) is 6.10 Å². The average Bonchev–Trinajstić information content (AvgIpc) is 3.14. The second-order valence-corrected chi connectivity index (χ2v) is 8.56. The van der Waals surface area contributed by atoms with E-state index < -0.39 is 44.6 Å². The highest BCUT2D eigenvalue weighted by atomic mass is 32.2. The molecule has 1 amide bonds. The zero-order valence-corrected chi connectivity index (χ0v) is 16.6. The van der Waals surface area contributed by atoms with Crippen LogP contribution in [0.2, 0.25) is 0 Å². The highest BCUT2D eigenvalue weighted by Crippen LogP contribution is 2.30. The van der Waals surface area contributed by atoms with Crippen molar-refractivity contribution in [2.24, 2.45) is 0 Å². The van der Waals surface area contributed by atoms with Gasteiger partial charge < -0.3 is 10.1 Å². The summed E-state index contributed by atoms with van der Waals surface area (Å²) in [4.78, 5) is 23.2. The van der Waals surface area contributed by atoms with E-state index in [0.717, 1.165) is 43.9 Å². The Morgan fingerprint density at radius 3 is 2.52 bits per heavy atom. The van der Waals surface area contributed by atoms with Gasteiger partial charge in [0.1, 0.15) is 0 Å². The second kappa shape index (κ2) is 9.57. The van der Waals surface area contributed by atoms with E-state index in [2.05, 4.69) is 5.32 Å². The molecule has 1 aromatic rings. The third-order valence-electron chi connectivity index (χ3n) is 4.47. The average molecular weight is 436 g/mol. The molecule has 0 heterocycles. The fraction of sp³-hybridized carbons (Fsp3) is 0.556. The van der Waals surface area contributed by atoms with Crippen molar-refractivity contribution >= 4 is 21.9 Å². The van der Waals surface area contributed by atoms with Crippen LogP contribution in [0.1, 0.15) is 44.6 Å². The monoisotopic (exact) mass is 436 g/mol. The van der Waals surface area contributed by atoms with Gasteiger partial charge in [-0.15, -0.1) is 0 Å². The molecule has 1 unspecified atom stereocenters. The van der Waals surface area contributed by atoms with Gasteiger partial charge in [-0.25, -0.2) is 13.1 Å². The Morgan fingerprint density at radius 1 is 1.24 bits per heavy atom. The standard InChI is InChI=1S/C18H23F3N2O5S/c1-12(17(25)23-14-6-2-3-7-14)28-16(24)9-10-22-29(26,27)15-8-4-5-13(11-15)18(19,20)21/h4-5,8,11-12,14,22H,2-3,6-7,9-10H2,1H3,(H,23,25). The summed E-state index contributed by atoms with van der Waals surface area (Å²) < 4.78 is 69.4. The minimum absolute atomic E-state index is 0.0722. The lowest BCUT2D eigenvalue weighted by Crippen LogP contribution is -2.41. The molecule has 1 fully saturated rings. The molecule has 0 radical (unpaired) electrons. The molecule has 1 aromatic carbocycles. The van der Waals surface area contributed by atoms with Gasteiger partial charge in [0.25, 0.3) is 5.91 Å². The first-order valence-electron chi connectivity index (χ1n) is 9.16. The first-order valence-corrected chi connectivity index (χ1v) is 10.6. The molecule has 0 bridgehead atoms. The minimum Gasteiger partial charge on any atom is -0.453 e. The van der Waals surface area contributed by atoms with Gasteiger partial charge in [-0.05, 0) is 38.0 Å². The smallest absolute Gasteiger partial charge is 0.416 e. The van der Waals surface area contributed by atoms with Crippen LogP contribution in [-0.2, 0) is 30.5 Å². The van der Waals surface area contributed by atoms with Crippen LogP contribution in [-0.4, -0.2) is 39.0 Å². The molecule has 0 spiro atoms. The van der Waals surface area contributed by atoms with Gasteiger partial charge in [0.05, 0.1) is 16.9 Å². The summed E-state index contributed by atoms with van der Waals surface area (Å²) >= 11 is 0. The highest BCUT2D eigenvalue weighted by molar-refractivity contribution is 7.89. The van der Waals surface area contributed by atoms with Crippen molar-refractivity contribution < 1.29 is 35.9 Å². The number of amides is 1. The van der Waals surface area contributed by atoms with Gasteiger partial charge in [-0.1, -0.05) is 18.9 Å². The number of sulfonamides is 1. The lowest BCUT2D eigenvalue weighted by Gasteiger charge is -2.17. The molecule has 1 atom stereocenters. The summed E-state index contributed by atoms with van der Waals surface area (Å²) in [5.41, 5.74) is -1.10. The third-order valence-corrected chi connectivity index (χ3v) is 5.93. The lowest BCUT2D eigenvalue weighted by atomic mass is 10.2. The minimum atomic E-state index is -4.68. The Kier molecular flexibility index (Phi) is 7.64. The fourth-order valence-electron chi connectivity index (χ4n) is 2.91. The lowest BCUT2D eigenvalue weighted by molar-refractivity contribution is -0.154. The van der Waals surface area contributed by atoms with Gasteiger partial charge >= 0.3 is 12.1 Å². The number of hydrogen-bond acceptors (Lipinski definition) is 5. The Balaban J connectivity index is 1.82. The number of benzene rings is 1. The van der Waals surface area contributed by atoms with Crippen molar-refractivity contribution in [1.82, 2.24) is 10.0 Å². The molecule has 1 aliphatic carbocycles. The summed E-state index contributed by atoms with van der Waals surface area (Å²) in [6, 6.07) is 3.34. The summed E-state index contributed by atoms with van der Waals surface area (Å²) in [5, 5.41) is 2.78. The molecule has 162 valence electrons. The molecular weight excluding hydrogens is 413 g/mol. The summed E-state index contributed by atoms with van der Waals surface area (Å²) in [6.07, 6.45) is -2.25. The van der Waals surface area contributed by atoms with Crippen LogP contribution in [0, 0.1) is 0 Å². The summed E-state index contributed by atoms with van der Waals surface area (Å²) in [7, 11) is -4.24. The topological polar surface area (TPSA) is 102 Å². The van der Waals surface area contributed by atoms with E-state index >= 15 is 0 Å². The number of hydrogen-bond donors (Lipinski definition) is 2.